The Labute approximate surface area is 118 Å². The van der Waals surface area contributed by atoms with E-state index in [1.54, 1.807) is 6.92 Å². The second-order valence-electron chi connectivity index (χ2n) is 5.31. The summed E-state index contributed by atoms with van der Waals surface area (Å²) in [7, 11) is -3.86. The van der Waals surface area contributed by atoms with Gasteiger partial charge in [0.25, 0.3) is 10.1 Å². The zero-order valence-corrected chi connectivity index (χ0v) is 13.2. The lowest BCUT2D eigenvalue weighted by atomic mass is 10.0. The number of aliphatic hydroxyl groups excluding tert-OH is 1. The summed E-state index contributed by atoms with van der Waals surface area (Å²) < 4.78 is 31.0. The van der Waals surface area contributed by atoms with E-state index in [4.69, 9.17) is 4.55 Å². The van der Waals surface area contributed by atoms with Gasteiger partial charge >= 0.3 is 0 Å². The Morgan fingerprint density at radius 2 is 1.32 bits per heavy atom. The molecule has 0 bridgehead atoms. The Hall–Kier alpha value is -0.130. The van der Waals surface area contributed by atoms with Gasteiger partial charge in [-0.05, 0) is 25.7 Å². The molecule has 0 aromatic rings. The highest BCUT2D eigenvalue weighted by molar-refractivity contribution is 7.86. The summed E-state index contributed by atoms with van der Waals surface area (Å²) in [6, 6.07) is 0. The smallest absolute Gasteiger partial charge is 0.267 e. The van der Waals surface area contributed by atoms with E-state index in [9.17, 15) is 13.5 Å². The first-order valence-electron chi connectivity index (χ1n) is 7.56. The van der Waals surface area contributed by atoms with E-state index >= 15 is 0 Å². The number of rotatable bonds is 12. The minimum Gasteiger partial charge on any atom is -0.393 e. The van der Waals surface area contributed by atoms with E-state index in [0.29, 0.717) is 12.8 Å². The third kappa shape index (κ3) is 10.3. The van der Waals surface area contributed by atoms with Gasteiger partial charge in [0.1, 0.15) is 0 Å². The number of hydrogen-bond acceptors (Lipinski definition) is 3. The first-order chi connectivity index (χ1) is 8.91. The molecule has 0 saturated heterocycles. The van der Waals surface area contributed by atoms with Crippen molar-refractivity contribution in [2.24, 2.45) is 0 Å². The topological polar surface area (TPSA) is 74.6 Å². The summed E-state index contributed by atoms with van der Waals surface area (Å²) in [5.41, 5.74) is 0. The molecule has 2 N–H and O–H groups in total. The van der Waals surface area contributed by atoms with Crippen LogP contribution in [0.2, 0.25) is 0 Å². The molecule has 2 atom stereocenters. The molecule has 0 heterocycles. The zero-order valence-electron chi connectivity index (χ0n) is 12.3. The van der Waals surface area contributed by atoms with Crippen molar-refractivity contribution in [3.63, 3.8) is 0 Å². The first kappa shape index (κ1) is 18.9. The van der Waals surface area contributed by atoms with Gasteiger partial charge in [0.15, 0.2) is 0 Å². The van der Waals surface area contributed by atoms with Crippen LogP contribution in [-0.4, -0.2) is 29.4 Å². The van der Waals surface area contributed by atoms with E-state index < -0.39 is 15.4 Å². The van der Waals surface area contributed by atoms with Crippen molar-refractivity contribution >= 4 is 10.1 Å². The number of aliphatic hydroxyl groups is 1. The molecule has 0 amide bonds. The lowest BCUT2D eigenvalue weighted by Crippen LogP contribution is -2.19. The Balaban J connectivity index is 3.45. The van der Waals surface area contributed by atoms with E-state index in [2.05, 4.69) is 0 Å². The maximum Gasteiger partial charge on any atom is 0.267 e. The number of hydrogen-bond donors (Lipinski definition) is 2. The van der Waals surface area contributed by atoms with Gasteiger partial charge in [0, 0.05) is 0 Å². The average molecular weight is 294 g/mol. The summed E-state index contributed by atoms with van der Waals surface area (Å²) in [5, 5.41) is 8.79. The van der Waals surface area contributed by atoms with Crippen LogP contribution in [-0.2, 0) is 10.1 Å². The van der Waals surface area contributed by atoms with Gasteiger partial charge in [0.05, 0.1) is 11.4 Å². The molecule has 0 fully saturated rings. The molecule has 0 spiro atoms. The molecule has 2 unspecified atom stereocenters. The van der Waals surface area contributed by atoms with Gasteiger partial charge in [-0.3, -0.25) is 4.55 Å². The van der Waals surface area contributed by atoms with Crippen LogP contribution < -0.4 is 0 Å². The highest BCUT2D eigenvalue weighted by Crippen LogP contribution is 2.15. The summed E-state index contributed by atoms with van der Waals surface area (Å²) in [6.45, 7) is 3.78. The van der Waals surface area contributed by atoms with Crippen molar-refractivity contribution in [3.05, 3.63) is 0 Å². The summed E-state index contributed by atoms with van der Waals surface area (Å²) in [6.07, 6.45) is 8.91. The molecule has 4 nitrogen and oxygen atoms in total. The molecule has 0 aliphatic rings. The molecule has 0 saturated carbocycles. The van der Waals surface area contributed by atoms with Gasteiger partial charge in [-0.2, -0.15) is 8.42 Å². The van der Waals surface area contributed by atoms with E-state index in [0.717, 1.165) is 51.4 Å². The number of unbranched alkanes of at least 4 members (excludes halogenated alkanes) is 5. The lowest BCUT2D eigenvalue weighted by molar-refractivity contribution is 0.156. The van der Waals surface area contributed by atoms with Crippen molar-refractivity contribution in [2.75, 3.05) is 0 Å². The summed E-state index contributed by atoms with van der Waals surface area (Å²) in [4.78, 5) is 0. The fourth-order valence-corrected chi connectivity index (χ4v) is 3.11. The molecule has 5 heteroatoms. The fourth-order valence-electron chi connectivity index (χ4n) is 2.23. The maximum absolute atomic E-state index is 11.0. The molecule has 19 heavy (non-hydrogen) atoms. The van der Waals surface area contributed by atoms with Crippen LogP contribution in [0.3, 0.4) is 0 Å². The SMILES string of the molecule is CCC(O)CCCCCCCCC(CC)S(=O)(=O)O. The van der Waals surface area contributed by atoms with Crippen molar-refractivity contribution in [1.29, 1.82) is 0 Å². The van der Waals surface area contributed by atoms with Crippen LogP contribution in [0.5, 0.6) is 0 Å². The Bertz CT molecular complexity index is 301. The Morgan fingerprint density at radius 1 is 0.842 bits per heavy atom. The van der Waals surface area contributed by atoms with Crippen molar-refractivity contribution < 1.29 is 18.1 Å². The van der Waals surface area contributed by atoms with Gasteiger partial charge in [0.2, 0.25) is 0 Å². The first-order valence-corrected chi connectivity index (χ1v) is 9.06. The van der Waals surface area contributed by atoms with E-state index in [1.165, 1.54) is 0 Å². The molecular weight excluding hydrogens is 264 g/mol. The molecule has 0 radical (unpaired) electrons. The zero-order chi connectivity index (χ0) is 14.7. The molecule has 0 aromatic carbocycles. The molecular formula is C14H30O4S. The van der Waals surface area contributed by atoms with Gasteiger partial charge < -0.3 is 5.11 Å². The quantitative estimate of drug-likeness (QED) is 0.426. The minimum atomic E-state index is -3.86. The molecule has 116 valence electrons. The summed E-state index contributed by atoms with van der Waals surface area (Å²) in [5.74, 6) is 0. The average Bonchev–Trinajstić information content (AvgIpc) is 2.35. The van der Waals surface area contributed by atoms with Crippen LogP contribution in [0, 0.1) is 0 Å². The van der Waals surface area contributed by atoms with Gasteiger partial charge in [-0.25, -0.2) is 0 Å². The molecule has 0 aromatic heterocycles. The molecule has 0 aliphatic heterocycles. The van der Waals surface area contributed by atoms with Crippen LogP contribution in [0.15, 0.2) is 0 Å². The monoisotopic (exact) mass is 294 g/mol. The largest absolute Gasteiger partial charge is 0.393 e. The van der Waals surface area contributed by atoms with Crippen LogP contribution in [0.1, 0.15) is 78.1 Å². The lowest BCUT2D eigenvalue weighted by Gasteiger charge is -2.11. The predicted octanol–water partition coefficient (Wildman–Crippen LogP) is 3.54. The van der Waals surface area contributed by atoms with Crippen molar-refractivity contribution in [3.8, 4) is 0 Å². The Morgan fingerprint density at radius 3 is 1.74 bits per heavy atom. The van der Waals surface area contributed by atoms with Crippen LogP contribution >= 0.6 is 0 Å². The van der Waals surface area contributed by atoms with Crippen molar-refractivity contribution in [1.82, 2.24) is 0 Å². The van der Waals surface area contributed by atoms with Gasteiger partial charge in [-0.1, -0.05) is 52.4 Å². The fraction of sp³-hybridized carbons (Fsp3) is 1.00. The highest BCUT2D eigenvalue weighted by Gasteiger charge is 2.19. The third-order valence-electron chi connectivity index (χ3n) is 3.66. The molecule has 0 aliphatic carbocycles. The summed E-state index contributed by atoms with van der Waals surface area (Å²) >= 11 is 0. The second kappa shape index (κ2) is 10.6. The van der Waals surface area contributed by atoms with E-state index in [-0.39, 0.29) is 6.10 Å². The Kier molecular flexibility index (Phi) is 10.6. The van der Waals surface area contributed by atoms with Gasteiger partial charge in [-0.15, -0.1) is 0 Å². The normalized spacial score (nSPS) is 15.4. The minimum absolute atomic E-state index is 0.153. The van der Waals surface area contributed by atoms with E-state index in [1.807, 2.05) is 6.92 Å². The predicted molar refractivity (Wildman–Crippen MR) is 78.9 cm³/mol. The van der Waals surface area contributed by atoms with Crippen molar-refractivity contribution in [2.45, 2.75) is 89.4 Å². The molecule has 0 rings (SSSR count). The maximum atomic E-state index is 11.0. The van der Waals surface area contributed by atoms with Crippen LogP contribution in [0.4, 0.5) is 0 Å². The van der Waals surface area contributed by atoms with Crippen LogP contribution in [0.25, 0.3) is 0 Å². The standard InChI is InChI=1S/C14H30O4S/c1-3-13(15)11-9-7-5-6-8-10-12-14(4-2)19(16,17)18/h13-15H,3-12H2,1-2H3,(H,16,17,18). The second-order valence-corrected chi connectivity index (χ2v) is 7.00. The third-order valence-corrected chi connectivity index (χ3v) is 5.07. The highest BCUT2D eigenvalue weighted by atomic mass is 32.2.